The van der Waals surface area contributed by atoms with Crippen molar-refractivity contribution in [3.05, 3.63) is 27.1 Å². The standard InChI is InChI=1S/C13H15BrN2O4S/c14-9-6-15-7-10(11(9)17)16-12(18)8-5-13(8)1-3-21(19,20)4-2-13/h6-8H,1-5H2,(H,15,17)(H,16,18). The van der Waals surface area contributed by atoms with E-state index in [0.29, 0.717) is 23.7 Å². The fourth-order valence-electron chi connectivity index (χ4n) is 2.99. The molecule has 114 valence electrons. The van der Waals surface area contributed by atoms with Gasteiger partial charge in [-0.3, -0.25) is 9.59 Å². The van der Waals surface area contributed by atoms with E-state index in [2.05, 4.69) is 26.2 Å². The molecule has 2 aliphatic rings. The van der Waals surface area contributed by atoms with Gasteiger partial charge in [-0.2, -0.15) is 0 Å². The highest BCUT2D eigenvalue weighted by Gasteiger charge is 2.59. The molecule has 2 fully saturated rings. The van der Waals surface area contributed by atoms with Crippen LogP contribution in [0.15, 0.2) is 21.7 Å². The van der Waals surface area contributed by atoms with Gasteiger partial charge < -0.3 is 10.3 Å². The summed E-state index contributed by atoms with van der Waals surface area (Å²) in [5.74, 6) is -0.0630. The van der Waals surface area contributed by atoms with Gasteiger partial charge in [0.25, 0.3) is 0 Å². The predicted octanol–water partition coefficient (Wildman–Crippen LogP) is 1.29. The van der Waals surface area contributed by atoms with Crippen LogP contribution in [0.4, 0.5) is 5.69 Å². The van der Waals surface area contributed by atoms with Crippen molar-refractivity contribution in [2.24, 2.45) is 11.3 Å². The zero-order valence-corrected chi connectivity index (χ0v) is 13.6. The summed E-state index contributed by atoms with van der Waals surface area (Å²) >= 11 is 3.11. The Morgan fingerprint density at radius 1 is 1.33 bits per heavy atom. The zero-order valence-electron chi connectivity index (χ0n) is 11.2. The molecule has 6 nitrogen and oxygen atoms in total. The number of hydrogen-bond acceptors (Lipinski definition) is 4. The molecule has 1 unspecified atom stereocenters. The van der Waals surface area contributed by atoms with Crippen LogP contribution >= 0.6 is 15.9 Å². The van der Waals surface area contributed by atoms with Crippen molar-refractivity contribution in [2.45, 2.75) is 19.3 Å². The van der Waals surface area contributed by atoms with Crippen molar-refractivity contribution < 1.29 is 13.2 Å². The Bertz CT molecular complexity index is 742. The van der Waals surface area contributed by atoms with Gasteiger partial charge in [-0.25, -0.2) is 8.42 Å². The number of halogens is 1. The number of nitrogens with one attached hydrogen (secondary N) is 2. The van der Waals surface area contributed by atoms with Gasteiger partial charge >= 0.3 is 0 Å². The minimum absolute atomic E-state index is 0.161. The molecule has 1 aliphatic carbocycles. The number of carbonyl (C=O) groups excluding carboxylic acids is 1. The fraction of sp³-hybridized carbons (Fsp3) is 0.538. The van der Waals surface area contributed by atoms with Gasteiger partial charge in [0.05, 0.1) is 16.0 Å². The van der Waals surface area contributed by atoms with Gasteiger partial charge in [-0.1, -0.05) is 0 Å². The normalized spacial score (nSPS) is 25.5. The van der Waals surface area contributed by atoms with Gasteiger partial charge in [0.15, 0.2) is 0 Å². The summed E-state index contributed by atoms with van der Waals surface area (Å²) in [5, 5.41) is 2.64. The van der Waals surface area contributed by atoms with Crippen molar-refractivity contribution in [1.29, 1.82) is 0 Å². The first kappa shape index (κ1) is 14.8. The number of aromatic amines is 1. The molecule has 0 radical (unpaired) electrons. The smallest absolute Gasteiger partial charge is 0.228 e. The molecule has 1 aromatic rings. The summed E-state index contributed by atoms with van der Waals surface area (Å²) in [5.41, 5.74) is -0.239. The lowest BCUT2D eigenvalue weighted by Crippen LogP contribution is -2.29. The molecule has 2 heterocycles. The van der Waals surface area contributed by atoms with E-state index in [9.17, 15) is 18.0 Å². The lowest BCUT2D eigenvalue weighted by molar-refractivity contribution is -0.118. The predicted molar refractivity (Wildman–Crippen MR) is 81.8 cm³/mol. The number of rotatable bonds is 2. The number of H-pyrrole nitrogens is 1. The molecular weight excluding hydrogens is 360 g/mol. The zero-order chi connectivity index (χ0) is 15.3. The first-order valence-corrected chi connectivity index (χ1v) is 9.32. The van der Waals surface area contributed by atoms with E-state index in [-0.39, 0.29) is 39.9 Å². The number of aromatic nitrogens is 1. The minimum Gasteiger partial charge on any atom is -0.365 e. The Balaban J connectivity index is 1.69. The molecule has 2 N–H and O–H groups in total. The summed E-state index contributed by atoms with van der Waals surface area (Å²) < 4.78 is 23.3. The SMILES string of the molecule is O=C(Nc1c[nH]cc(Br)c1=O)C1CC12CCS(=O)(=O)CC2. The maximum absolute atomic E-state index is 12.2. The Kier molecular flexibility index (Phi) is 3.48. The van der Waals surface area contributed by atoms with Crippen molar-refractivity contribution >= 4 is 37.4 Å². The second-order valence-corrected chi connectivity index (χ2v) is 8.96. The molecule has 1 atom stereocenters. The van der Waals surface area contributed by atoms with E-state index < -0.39 is 9.84 Å². The first-order chi connectivity index (χ1) is 9.83. The quantitative estimate of drug-likeness (QED) is 0.814. The van der Waals surface area contributed by atoms with Crippen LogP contribution in [0.2, 0.25) is 0 Å². The van der Waals surface area contributed by atoms with Gasteiger partial charge in [-0.05, 0) is 40.6 Å². The molecule has 1 amide bonds. The molecule has 3 rings (SSSR count). The number of amides is 1. The highest BCUT2D eigenvalue weighted by Crippen LogP contribution is 2.60. The third kappa shape index (κ3) is 2.78. The summed E-state index contributed by atoms with van der Waals surface area (Å²) in [6.07, 6.45) is 4.75. The van der Waals surface area contributed by atoms with Gasteiger partial charge in [0.1, 0.15) is 15.5 Å². The third-order valence-corrected chi connectivity index (χ3v) is 6.73. The molecule has 1 aliphatic heterocycles. The largest absolute Gasteiger partial charge is 0.365 e. The van der Waals surface area contributed by atoms with E-state index in [1.54, 1.807) is 0 Å². The summed E-state index contributed by atoms with van der Waals surface area (Å²) in [7, 11) is -2.93. The van der Waals surface area contributed by atoms with Crippen molar-refractivity contribution in [2.75, 3.05) is 16.8 Å². The van der Waals surface area contributed by atoms with Crippen molar-refractivity contribution in [3.63, 3.8) is 0 Å². The average Bonchev–Trinajstić information content (AvgIpc) is 3.14. The second kappa shape index (κ2) is 4.95. The highest BCUT2D eigenvalue weighted by atomic mass is 79.9. The first-order valence-electron chi connectivity index (χ1n) is 6.71. The summed E-state index contributed by atoms with van der Waals surface area (Å²) in [6.45, 7) is 0. The summed E-state index contributed by atoms with van der Waals surface area (Å²) in [6, 6.07) is 0. The van der Waals surface area contributed by atoms with Gasteiger partial charge in [0, 0.05) is 18.3 Å². The van der Waals surface area contributed by atoms with Gasteiger partial charge in [-0.15, -0.1) is 0 Å². The molecular formula is C13H15BrN2O4S. The van der Waals surface area contributed by atoms with Crippen LogP contribution in [0, 0.1) is 11.3 Å². The molecule has 1 spiro atoms. The van der Waals surface area contributed by atoms with Crippen LogP contribution in [-0.2, 0) is 14.6 Å². The number of hydrogen-bond donors (Lipinski definition) is 2. The molecule has 1 aromatic heterocycles. The van der Waals surface area contributed by atoms with Crippen LogP contribution < -0.4 is 10.7 Å². The van der Waals surface area contributed by atoms with E-state index in [4.69, 9.17) is 0 Å². The Labute approximate surface area is 130 Å². The highest BCUT2D eigenvalue weighted by molar-refractivity contribution is 9.10. The van der Waals surface area contributed by atoms with E-state index in [1.807, 2.05) is 0 Å². The average molecular weight is 375 g/mol. The number of carbonyl (C=O) groups is 1. The van der Waals surface area contributed by atoms with E-state index in [0.717, 1.165) is 0 Å². The van der Waals surface area contributed by atoms with Crippen LogP contribution in [0.5, 0.6) is 0 Å². The Morgan fingerprint density at radius 2 is 2.00 bits per heavy atom. The van der Waals surface area contributed by atoms with E-state index >= 15 is 0 Å². The maximum atomic E-state index is 12.2. The molecule has 0 aromatic carbocycles. The third-order valence-electron chi connectivity index (χ3n) is 4.49. The van der Waals surface area contributed by atoms with Crippen LogP contribution in [-0.4, -0.2) is 30.8 Å². The molecule has 0 bridgehead atoms. The van der Waals surface area contributed by atoms with E-state index in [1.165, 1.54) is 12.4 Å². The second-order valence-electron chi connectivity index (χ2n) is 5.81. The fourth-order valence-corrected chi connectivity index (χ4v) is 4.97. The lowest BCUT2D eigenvalue weighted by atomic mass is 9.96. The van der Waals surface area contributed by atoms with Gasteiger partial charge in [0.2, 0.25) is 11.3 Å². The minimum atomic E-state index is -2.93. The van der Waals surface area contributed by atoms with Crippen LogP contribution in [0.1, 0.15) is 19.3 Å². The van der Waals surface area contributed by atoms with Crippen LogP contribution in [0.3, 0.4) is 0 Å². The molecule has 1 saturated carbocycles. The number of sulfone groups is 1. The topological polar surface area (TPSA) is 96.1 Å². The monoisotopic (exact) mass is 374 g/mol. The van der Waals surface area contributed by atoms with Crippen molar-refractivity contribution in [1.82, 2.24) is 4.98 Å². The molecule has 1 saturated heterocycles. The number of anilines is 1. The Hall–Kier alpha value is -1.15. The summed E-state index contributed by atoms with van der Waals surface area (Å²) in [4.78, 5) is 26.9. The molecule has 8 heteroatoms. The van der Waals surface area contributed by atoms with Crippen molar-refractivity contribution in [3.8, 4) is 0 Å². The number of pyridine rings is 1. The maximum Gasteiger partial charge on any atom is 0.228 e. The molecule has 21 heavy (non-hydrogen) atoms. The van der Waals surface area contributed by atoms with Crippen LogP contribution in [0.25, 0.3) is 0 Å². The Morgan fingerprint density at radius 3 is 2.67 bits per heavy atom. The lowest BCUT2D eigenvalue weighted by Gasteiger charge is -2.22.